The molecular weight excluding hydrogens is 524 g/mol. The predicted molar refractivity (Wildman–Crippen MR) is 147 cm³/mol. The molecule has 0 saturated carbocycles. The van der Waals surface area contributed by atoms with E-state index in [1.165, 1.54) is 23.5 Å². The van der Waals surface area contributed by atoms with Crippen molar-refractivity contribution in [2.45, 2.75) is 53.1 Å². The molecule has 0 aliphatic carbocycles. The fourth-order valence-corrected chi connectivity index (χ4v) is 5.35. The first-order chi connectivity index (χ1) is 18.1. The summed E-state index contributed by atoms with van der Waals surface area (Å²) in [5, 5.41) is 19.7. The number of aromatic carboxylic acids is 1. The van der Waals surface area contributed by atoms with E-state index in [1.807, 2.05) is 20.8 Å². The highest BCUT2D eigenvalue weighted by Gasteiger charge is 2.32. The zero-order valence-electron chi connectivity index (χ0n) is 21.6. The highest BCUT2D eigenvalue weighted by atomic mass is 32.1. The maximum Gasteiger partial charge on any atom is 0.335 e. The molecule has 10 nitrogen and oxygen atoms in total. The van der Waals surface area contributed by atoms with E-state index in [2.05, 4.69) is 24.3 Å². The minimum atomic E-state index is -1.01. The van der Waals surface area contributed by atoms with Crippen molar-refractivity contribution in [2.24, 2.45) is 15.6 Å². The van der Waals surface area contributed by atoms with Gasteiger partial charge in [0.15, 0.2) is 15.1 Å². The van der Waals surface area contributed by atoms with Gasteiger partial charge in [0.25, 0.3) is 0 Å². The molecule has 1 aliphatic rings. The number of nitrogens with zero attached hydrogens (tertiary/aromatic N) is 6. The Morgan fingerprint density at radius 1 is 1.21 bits per heavy atom. The number of aryl methyl sites for hydroxylation is 1. The SMILES string of the molecule is [C-]#[N+]c1c(C)nsc1/N=N/c1sc(N2CCC(OC(=O)C(C)(C)CC)CC2)nc1-c1ccc(C(=O)O)cc1. The van der Waals surface area contributed by atoms with Gasteiger partial charge in [-0.05, 0) is 50.9 Å². The molecule has 1 aliphatic heterocycles. The summed E-state index contributed by atoms with van der Waals surface area (Å²) in [5.74, 6) is -1.17. The van der Waals surface area contributed by atoms with Crippen LogP contribution in [0.1, 0.15) is 56.1 Å². The van der Waals surface area contributed by atoms with Gasteiger partial charge in [0.1, 0.15) is 11.8 Å². The van der Waals surface area contributed by atoms with Gasteiger partial charge in [0.2, 0.25) is 5.69 Å². The Labute approximate surface area is 229 Å². The number of hydrogen-bond acceptors (Lipinski definition) is 10. The highest BCUT2D eigenvalue weighted by Crippen LogP contribution is 2.43. The summed E-state index contributed by atoms with van der Waals surface area (Å²) in [6.45, 7) is 16.3. The summed E-state index contributed by atoms with van der Waals surface area (Å²) in [7, 11) is 0. The molecule has 0 unspecified atom stereocenters. The van der Waals surface area contributed by atoms with Crippen LogP contribution in [-0.4, -0.2) is 45.6 Å². The van der Waals surface area contributed by atoms with Gasteiger partial charge in [-0.2, -0.15) is 0 Å². The second-order valence-corrected chi connectivity index (χ2v) is 11.3. The van der Waals surface area contributed by atoms with Crippen molar-refractivity contribution in [3.63, 3.8) is 0 Å². The van der Waals surface area contributed by atoms with Crippen molar-refractivity contribution in [1.82, 2.24) is 9.36 Å². The number of carbonyl (C=O) groups is 2. The predicted octanol–water partition coefficient (Wildman–Crippen LogP) is 7.19. The van der Waals surface area contributed by atoms with E-state index in [0.717, 1.165) is 23.1 Å². The number of rotatable bonds is 8. The fraction of sp³-hybridized carbons (Fsp3) is 0.423. The number of piperidine rings is 1. The molecule has 3 heterocycles. The number of azo groups is 1. The van der Waals surface area contributed by atoms with E-state index in [4.69, 9.17) is 16.3 Å². The summed E-state index contributed by atoms with van der Waals surface area (Å²) in [6, 6.07) is 6.45. The molecule has 1 N–H and O–H groups in total. The Hall–Kier alpha value is -3.69. The van der Waals surface area contributed by atoms with Gasteiger partial charge in [0.05, 0.1) is 23.2 Å². The molecule has 0 radical (unpaired) electrons. The van der Waals surface area contributed by atoms with Gasteiger partial charge in [0, 0.05) is 31.5 Å². The molecule has 3 aromatic rings. The number of esters is 1. The number of carboxylic acids is 1. The lowest BCUT2D eigenvalue weighted by Gasteiger charge is -2.33. The van der Waals surface area contributed by atoms with Crippen LogP contribution in [0.4, 0.5) is 20.8 Å². The number of ether oxygens (including phenoxy) is 1. The minimum absolute atomic E-state index is 0.131. The van der Waals surface area contributed by atoms with Crippen LogP contribution in [0.3, 0.4) is 0 Å². The number of carbonyl (C=O) groups excluding carboxylic acids is 1. The van der Waals surface area contributed by atoms with E-state index in [9.17, 15) is 14.7 Å². The zero-order valence-corrected chi connectivity index (χ0v) is 23.2. The maximum absolute atomic E-state index is 12.5. The number of hydrogen-bond donors (Lipinski definition) is 1. The third-order valence-electron chi connectivity index (χ3n) is 6.58. The maximum atomic E-state index is 12.5. The van der Waals surface area contributed by atoms with Crippen molar-refractivity contribution in [3.8, 4) is 11.3 Å². The number of anilines is 1. The number of benzene rings is 1. The van der Waals surface area contributed by atoms with Gasteiger partial charge < -0.3 is 14.7 Å². The van der Waals surface area contributed by atoms with Crippen LogP contribution in [0, 0.1) is 18.9 Å². The van der Waals surface area contributed by atoms with Crippen molar-refractivity contribution >= 4 is 55.6 Å². The summed E-state index contributed by atoms with van der Waals surface area (Å²) < 4.78 is 9.97. The van der Waals surface area contributed by atoms with Crippen molar-refractivity contribution in [2.75, 3.05) is 18.0 Å². The van der Waals surface area contributed by atoms with E-state index in [-0.39, 0.29) is 17.6 Å². The van der Waals surface area contributed by atoms with Crippen LogP contribution in [0.5, 0.6) is 0 Å². The van der Waals surface area contributed by atoms with Crippen molar-refractivity contribution < 1.29 is 19.4 Å². The quantitative estimate of drug-likeness (QED) is 0.178. The molecule has 1 fully saturated rings. The van der Waals surface area contributed by atoms with E-state index in [1.54, 1.807) is 19.1 Å². The van der Waals surface area contributed by atoms with Gasteiger partial charge in [-0.25, -0.2) is 19.0 Å². The van der Waals surface area contributed by atoms with Crippen LogP contribution in [0.25, 0.3) is 16.1 Å². The summed E-state index contributed by atoms with van der Waals surface area (Å²) in [5.41, 5.74) is 1.95. The van der Waals surface area contributed by atoms with Crippen molar-refractivity contribution in [1.29, 1.82) is 0 Å². The molecule has 0 amide bonds. The average Bonchev–Trinajstić information content (AvgIpc) is 3.50. The summed E-state index contributed by atoms with van der Waals surface area (Å²) in [4.78, 5) is 34.3. The Balaban J connectivity index is 1.58. The monoisotopic (exact) mass is 552 g/mol. The van der Waals surface area contributed by atoms with Crippen LogP contribution in [0.15, 0.2) is 34.5 Å². The molecular formula is C26H28N6O4S2. The Kier molecular flexibility index (Phi) is 8.18. The second kappa shape index (κ2) is 11.4. The van der Waals surface area contributed by atoms with Gasteiger partial charge in [-0.1, -0.05) is 30.4 Å². The summed E-state index contributed by atoms with van der Waals surface area (Å²) >= 11 is 2.48. The van der Waals surface area contributed by atoms with Gasteiger partial charge >= 0.3 is 11.9 Å². The first-order valence-electron chi connectivity index (χ1n) is 12.2. The third kappa shape index (κ3) is 5.89. The lowest BCUT2D eigenvalue weighted by Crippen LogP contribution is -2.39. The molecule has 0 atom stereocenters. The smallest absolute Gasteiger partial charge is 0.335 e. The molecule has 2 aromatic heterocycles. The Morgan fingerprint density at radius 3 is 2.47 bits per heavy atom. The van der Waals surface area contributed by atoms with E-state index < -0.39 is 11.4 Å². The minimum Gasteiger partial charge on any atom is -0.478 e. The molecule has 12 heteroatoms. The molecule has 4 rings (SSSR count). The largest absolute Gasteiger partial charge is 0.478 e. The number of thiazole rings is 1. The Bertz CT molecular complexity index is 1400. The van der Waals surface area contributed by atoms with Crippen LogP contribution < -0.4 is 4.90 Å². The standard InChI is InChI=1S/C26H28N6O4S2/c1-6-26(3,4)24(35)36-18-11-13-32(14-12-18)25-28-20(16-7-9-17(10-8-16)23(33)34)21(37-25)29-30-22-19(27-5)15(2)31-38-22/h7-10,18H,6,11-14H2,1-4H3,(H,33,34)/b30-29+. The normalized spacial score (nSPS) is 14.6. The van der Waals surface area contributed by atoms with Crippen LogP contribution in [-0.2, 0) is 9.53 Å². The van der Waals surface area contributed by atoms with E-state index >= 15 is 0 Å². The zero-order chi connectivity index (χ0) is 27.4. The molecule has 38 heavy (non-hydrogen) atoms. The van der Waals surface area contributed by atoms with Gasteiger partial charge in [-0.3, -0.25) is 4.79 Å². The first kappa shape index (κ1) is 27.3. The van der Waals surface area contributed by atoms with Gasteiger partial charge in [-0.15, -0.1) is 10.2 Å². The third-order valence-corrected chi connectivity index (χ3v) is 8.40. The average molecular weight is 553 g/mol. The molecule has 1 saturated heterocycles. The lowest BCUT2D eigenvalue weighted by molar-refractivity contribution is -0.160. The van der Waals surface area contributed by atoms with E-state index in [0.29, 0.717) is 58.6 Å². The molecule has 1 aromatic carbocycles. The molecule has 0 bridgehead atoms. The highest BCUT2D eigenvalue weighted by molar-refractivity contribution is 7.19. The molecule has 0 spiro atoms. The number of aromatic nitrogens is 2. The Morgan fingerprint density at radius 2 is 1.87 bits per heavy atom. The van der Waals surface area contributed by atoms with Crippen molar-refractivity contribution in [3.05, 3.63) is 46.9 Å². The second-order valence-electron chi connectivity index (χ2n) is 9.60. The van der Waals surface area contributed by atoms with Crippen LogP contribution >= 0.6 is 22.9 Å². The number of carboxylic acid groups (broad SMARTS) is 1. The first-order valence-corrected chi connectivity index (χ1v) is 13.8. The lowest BCUT2D eigenvalue weighted by atomic mass is 9.90. The summed E-state index contributed by atoms with van der Waals surface area (Å²) in [6.07, 6.45) is 1.97. The fourth-order valence-electron chi connectivity index (χ4n) is 3.72. The molecule has 198 valence electrons. The van der Waals surface area contributed by atoms with Crippen LogP contribution in [0.2, 0.25) is 0 Å². The topological polar surface area (TPSA) is 122 Å².